The largest absolute Gasteiger partial charge is 0.507 e. The Bertz CT molecular complexity index is 1030. The van der Waals surface area contributed by atoms with Crippen molar-refractivity contribution in [1.29, 1.82) is 0 Å². The Kier molecular flexibility index (Phi) is 7.46. The van der Waals surface area contributed by atoms with Crippen LogP contribution in [0, 0.1) is 0 Å². The number of anilines is 1. The smallest absolute Gasteiger partial charge is 0.295 e. The minimum atomic E-state index is -0.687. The molecule has 0 bridgehead atoms. The van der Waals surface area contributed by atoms with E-state index in [4.69, 9.17) is 16.3 Å². The van der Waals surface area contributed by atoms with Crippen molar-refractivity contribution in [3.8, 4) is 5.75 Å². The maximum absolute atomic E-state index is 13.1. The highest BCUT2D eigenvalue weighted by Crippen LogP contribution is 2.40. The quantitative estimate of drug-likeness (QED) is 0.261. The van der Waals surface area contributed by atoms with Crippen molar-refractivity contribution in [2.75, 3.05) is 32.6 Å². The number of unbranched alkanes of at least 4 members (excludes halogenated alkanes) is 2. The summed E-state index contributed by atoms with van der Waals surface area (Å²) in [4.78, 5) is 29.5. The number of rotatable bonds is 8. The van der Waals surface area contributed by atoms with Crippen LogP contribution in [0.1, 0.15) is 43.4 Å². The summed E-state index contributed by atoms with van der Waals surface area (Å²) < 4.78 is 5.17. The van der Waals surface area contributed by atoms with Gasteiger partial charge in [-0.3, -0.25) is 9.59 Å². The van der Waals surface area contributed by atoms with Crippen LogP contribution >= 0.6 is 11.6 Å². The Morgan fingerprint density at radius 1 is 1.12 bits per heavy atom. The zero-order valence-corrected chi connectivity index (χ0v) is 19.6. The standard InChI is InChI=1S/C25H29ClN2O4/c1-5-6-7-14-28-22(16-8-11-18(12-9-16)27(2)3)21(24(30)25(28)31)23(29)17-10-13-20(32-4)19(26)15-17/h8-13,15,22,29H,5-7,14H2,1-4H3/b23-21-. The van der Waals surface area contributed by atoms with Crippen molar-refractivity contribution in [2.45, 2.75) is 32.2 Å². The molecule has 1 aliphatic rings. The molecular formula is C25H29ClN2O4. The fourth-order valence-electron chi connectivity index (χ4n) is 3.91. The molecule has 1 saturated heterocycles. The molecule has 0 radical (unpaired) electrons. The summed E-state index contributed by atoms with van der Waals surface area (Å²) in [6, 6.07) is 11.8. The van der Waals surface area contributed by atoms with Gasteiger partial charge in [-0.2, -0.15) is 0 Å². The number of likely N-dealkylation sites (tertiary alicyclic amines) is 1. The number of methoxy groups -OCH3 is 1. The van der Waals surface area contributed by atoms with Crippen LogP contribution in [0.2, 0.25) is 5.02 Å². The number of halogens is 1. The zero-order valence-electron chi connectivity index (χ0n) is 18.9. The highest BCUT2D eigenvalue weighted by atomic mass is 35.5. The number of carbonyl (C=O) groups is 2. The fourth-order valence-corrected chi connectivity index (χ4v) is 4.17. The van der Waals surface area contributed by atoms with E-state index in [1.807, 2.05) is 43.3 Å². The molecule has 3 rings (SSSR count). The highest BCUT2D eigenvalue weighted by Gasteiger charge is 2.45. The predicted octanol–water partition coefficient (Wildman–Crippen LogP) is 5.03. The van der Waals surface area contributed by atoms with E-state index in [-0.39, 0.29) is 11.3 Å². The second kappa shape index (κ2) is 10.1. The van der Waals surface area contributed by atoms with Crippen molar-refractivity contribution in [1.82, 2.24) is 4.90 Å². The van der Waals surface area contributed by atoms with Crippen molar-refractivity contribution >= 4 is 34.7 Å². The van der Waals surface area contributed by atoms with E-state index in [0.717, 1.165) is 30.5 Å². The van der Waals surface area contributed by atoms with Gasteiger partial charge in [-0.05, 0) is 42.3 Å². The number of aliphatic hydroxyl groups is 1. The first-order valence-corrected chi connectivity index (χ1v) is 11.1. The number of Topliss-reactive ketones (excluding diaryl/α,β-unsaturated/α-hetero) is 1. The number of ether oxygens (including phenoxy) is 1. The van der Waals surface area contributed by atoms with E-state index in [0.29, 0.717) is 22.9 Å². The van der Waals surface area contributed by atoms with E-state index >= 15 is 0 Å². The first kappa shape index (κ1) is 23.7. The molecule has 1 atom stereocenters. The molecule has 1 unspecified atom stereocenters. The van der Waals surface area contributed by atoms with Gasteiger partial charge < -0.3 is 19.6 Å². The molecule has 6 nitrogen and oxygen atoms in total. The van der Waals surface area contributed by atoms with E-state index < -0.39 is 17.7 Å². The summed E-state index contributed by atoms with van der Waals surface area (Å²) in [6.45, 7) is 2.53. The van der Waals surface area contributed by atoms with Crippen LogP contribution in [0.3, 0.4) is 0 Å². The molecule has 1 N–H and O–H groups in total. The van der Waals surface area contributed by atoms with E-state index in [1.165, 1.54) is 13.2 Å². The van der Waals surface area contributed by atoms with Gasteiger partial charge in [0.2, 0.25) is 0 Å². The van der Waals surface area contributed by atoms with Gasteiger partial charge in [-0.1, -0.05) is 43.5 Å². The van der Waals surface area contributed by atoms with Crippen molar-refractivity contribution in [3.63, 3.8) is 0 Å². The molecule has 1 fully saturated rings. The van der Waals surface area contributed by atoms with E-state index in [2.05, 4.69) is 6.92 Å². The molecule has 0 saturated carbocycles. The first-order chi connectivity index (χ1) is 15.3. The Morgan fingerprint density at radius 2 is 1.81 bits per heavy atom. The third-order valence-electron chi connectivity index (χ3n) is 5.69. The van der Waals surface area contributed by atoms with Gasteiger partial charge in [0.15, 0.2) is 0 Å². The lowest BCUT2D eigenvalue weighted by molar-refractivity contribution is -0.139. The summed E-state index contributed by atoms with van der Waals surface area (Å²) in [7, 11) is 5.39. The van der Waals surface area contributed by atoms with Crippen LogP contribution in [0.5, 0.6) is 5.75 Å². The number of benzene rings is 2. The average molecular weight is 457 g/mol. The van der Waals surface area contributed by atoms with Crippen LogP contribution in [0.25, 0.3) is 5.76 Å². The Labute approximate surface area is 194 Å². The average Bonchev–Trinajstić information content (AvgIpc) is 3.03. The van der Waals surface area contributed by atoms with Gasteiger partial charge in [-0.25, -0.2) is 0 Å². The number of hydrogen-bond acceptors (Lipinski definition) is 5. The second-order valence-electron chi connectivity index (χ2n) is 8.03. The summed E-state index contributed by atoms with van der Waals surface area (Å²) in [6.07, 6.45) is 2.73. The molecule has 0 aromatic heterocycles. The Morgan fingerprint density at radius 3 is 2.38 bits per heavy atom. The van der Waals surface area contributed by atoms with Gasteiger partial charge in [0, 0.05) is 31.9 Å². The van der Waals surface area contributed by atoms with Crippen LogP contribution in [-0.4, -0.2) is 49.4 Å². The fraction of sp³-hybridized carbons (Fsp3) is 0.360. The van der Waals surface area contributed by atoms with Gasteiger partial charge in [0.1, 0.15) is 11.5 Å². The summed E-state index contributed by atoms with van der Waals surface area (Å²) in [5.41, 5.74) is 2.20. The van der Waals surface area contributed by atoms with Crippen molar-refractivity contribution < 1.29 is 19.4 Å². The second-order valence-corrected chi connectivity index (χ2v) is 8.44. The molecule has 1 aliphatic heterocycles. The molecule has 2 aromatic carbocycles. The maximum atomic E-state index is 13.1. The third kappa shape index (κ3) is 4.60. The molecule has 32 heavy (non-hydrogen) atoms. The van der Waals surface area contributed by atoms with E-state index in [9.17, 15) is 14.7 Å². The molecule has 170 valence electrons. The molecule has 2 aromatic rings. The minimum Gasteiger partial charge on any atom is -0.507 e. The molecule has 0 aliphatic carbocycles. The normalized spacial score (nSPS) is 17.7. The summed E-state index contributed by atoms with van der Waals surface area (Å²) >= 11 is 6.23. The highest BCUT2D eigenvalue weighted by molar-refractivity contribution is 6.46. The van der Waals surface area contributed by atoms with Gasteiger partial charge in [-0.15, -0.1) is 0 Å². The van der Waals surface area contributed by atoms with Gasteiger partial charge in [0.25, 0.3) is 11.7 Å². The Hall–Kier alpha value is -2.99. The van der Waals surface area contributed by atoms with Crippen molar-refractivity contribution in [3.05, 3.63) is 64.2 Å². The van der Waals surface area contributed by atoms with Crippen LogP contribution in [0.15, 0.2) is 48.0 Å². The molecule has 1 heterocycles. The number of carbonyl (C=O) groups excluding carboxylic acids is 2. The van der Waals surface area contributed by atoms with Crippen LogP contribution in [-0.2, 0) is 9.59 Å². The molecular weight excluding hydrogens is 428 g/mol. The van der Waals surface area contributed by atoms with Gasteiger partial charge in [0.05, 0.1) is 23.7 Å². The maximum Gasteiger partial charge on any atom is 0.295 e. The number of amides is 1. The zero-order chi connectivity index (χ0) is 23.4. The molecule has 1 amide bonds. The van der Waals surface area contributed by atoms with Gasteiger partial charge >= 0.3 is 0 Å². The lowest BCUT2D eigenvalue weighted by Gasteiger charge is -2.26. The van der Waals surface area contributed by atoms with Crippen molar-refractivity contribution in [2.24, 2.45) is 0 Å². The first-order valence-electron chi connectivity index (χ1n) is 10.7. The SMILES string of the molecule is CCCCCN1C(=O)C(=O)/C(=C(\O)c2ccc(OC)c(Cl)c2)C1c1ccc(N(C)C)cc1. The Balaban J connectivity index is 2.12. The number of hydrogen-bond donors (Lipinski definition) is 1. The van der Waals surface area contributed by atoms with Crippen LogP contribution < -0.4 is 9.64 Å². The summed E-state index contributed by atoms with van der Waals surface area (Å²) in [5, 5.41) is 11.4. The lowest BCUT2D eigenvalue weighted by atomic mass is 9.95. The minimum absolute atomic E-state index is 0.0744. The number of aliphatic hydroxyl groups excluding tert-OH is 1. The number of ketones is 1. The third-order valence-corrected chi connectivity index (χ3v) is 5.99. The molecule has 7 heteroatoms. The van der Waals surface area contributed by atoms with E-state index in [1.54, 1.807) is 17.0 Å². The topological polar surface area (TPSA) is 70.1 Å². The monoisotopic (exact) mass is 456 g/mol. The lowest BCUT2D eigenvalue weighted by Crippen LogP contribution is -2.30. The predicted molar refractivity (Wildman–Crippen MR) is 127 cm³/mol. The molecule has 0 spiro atoms. The summed E-state index contributed by atoms with van der Waals surface area (Å²) in [5.74, 6) is -1.07. The van der Waals surface area contributed by atoms with Crippen LogP contribution in [0.4, 0.5) is 5.69 Å². The number of nitrogens with zero attached hydrogens (tertiary/aromatic N) is 2.